The molecule has 0 heterocycles. The molecule has 0 bridgehead atoms. The number of rotatable bonds is 4. The molecule has 0 aliphatic heterocycles. The molecule has 0 fully saturated rings. The van der Waals surface area contributed by atoms with Crippen LogP contribution in [0.3, 0.4) is 0 Å². The fourth-order valence-corrected chi connectivity index (χ4v) is 1.88. The third-order valence-corrected chi connectivity index (χ3v) is 3.02. The minimum Gasteiger partial charge on any atom is -0.478 e. The molecule has 3 N–H and O–H groups in total. The molecular weight excluding hydrogens is 316 g/mol. The Hall–Kier alpha value is -1.60. The molecule has 104 valence electrons. The first-order valence-corrected chi connectivity index (χ1v) is 6.33. The second-order valence-electron chi connectivity index (χ2n) is 4.16. The van der Waals surface area contributed by atoms with Gasteiger partial charge in [-0.1, -0.05) is 0 Å². The summed E-state index contributed by atoms with van der Waals surface area (Å²) in [6.07, 6.45) is -0.629. The van der Waals surface area contributed by atoms with Gasteiger partial charge in [-0.25, -0.2) is 9.59 Å². The van der Waals surface area contributed by atoms with E-state index in [0.717, 1.165) is 0 Å². The number of aliphatic hydroxyl groups is 1. The van der Waals surface area contributed by atoms with Crippen LogP contribution in [0.15, 0.2) is 22.7 Å². The average molecular weight is 331 g/mol. The number of hydrogen-bond donors (Lipinski definition) is 3. The lowest BCUT2D eigenvalue weighted by Gasteiger charge is -2.19. The Labute approximate surface area is 119 Å². The van der Waals surface area contributed by atoms with Gasteiger partial charge in [-0.15, -0.1) is 0 Å². The lowest BCUT2D eigenvalue weighted by atomic mass is 10.2. The van der Waals surface area contributed by atoms with E-state index in [1.54, 1.807) is 26.1 Å². The van der Waals surface area contributed by atoms with Crippen LogP contribution in [0.5, 0.6) is 0 Å². The highest BCUT2D eigenvalue weighted by atomic mass is 79.9. The van der Waals surface area contributed by atoms with Crippen molar-refractivity contribution in [2.45, 2.75) is 13.0 Å². The number of carbonyl (C=O) groups excluding carboxylic acids is 1. The summed E-state index contributed by atoms with van der Waals surface area (Å²) in [5, 5.41) is 20.7. The first-order valence-electron chi connectivity index (χ1n) is 5.54. The summed E-state index contributed by atoms with van der Waals surface area (Å²) in [4.78, 5) is 24.0. The number of carboxylic acid groups (broad SMARTS) is 1. The number of likely N-dealkylation sites (N-methyl/N-ethyl adjacent to an activating group) is 1. The molecule has 1 unspecified atom stereocenters. The summed E-state index contributed by atoms with van der Waals surface area (Å²) in [7, 11) is 1.54. The van der Waals surface area contributed by atoms with Crippen molar-refractivity contribution in [3.63, 3.8) is 0 Å². The lowest BCUT2D eigenvalue weighted by Crippen LogP contribution is -2.36. The summed E-state index contributed by atoms with van der Waals surface area (Å²) >= 11 is 3.12. The summed E-state index contributed by atoms with van der Waals surface area (Å²) in [5.74, 6) is -1.08. The van der Waals surface area contributed by atoms with Crippen LogP contribution in [0.25, 0.3) is 0 Å². The maximum Gasteiger partial charge on any atom is 0.336 e. The van der Waals surface area contributed by atoms with E-state index >= 15 is 0 Å². The van der Waals surface area contributed by atoms with Gasteiger partial charge >= 0.3 is 12.0 Å². The van der Waals surface area contributed by atoms with Gasteiger partial charge in [0.05, 0.1) is 11.7 Å². The van der Waals surface area contributed by atoms with E-state index < -0.39 is 18.1 Å². The molecule has 0 radical (unpaired) electrons. The number of nitrogens with zero attached hydrogens (tertiary/aromatic N) is 1. The minimum absolute atomic E-state index is 0.0657. The number of nitrogens with one attached hydrogen (secondary N) is 1. The predicted molar refractivity (Wildman–Crippen MR) is 74.4 cm³/mol. The van der Waals surface area contributed by atoms with E-state index in [2.05, 4.69) is 21.2 Å². The summed E-state index contributed by atoms with van der Waals surface area (Å²) in [6, 6.07) is 4.08. The predicted octanol–water partition coefficient (Wildman–Crippen LogP) is 1.99. The molecule has 0 spiro atoms. The normalized spacial score (nSPS) is 11.8. The van der Waals surface area contributed by atoms with Gasteiger partial charge in [0.1, 0.15) is 0 Å². The number of benzene rings is 1. The van der Waals surface area contributed by atoms with Crippen LogP contribution in [-0.2, 0) is 0 Å². The first-order chi connectivity index (χ1) is 8.81. The van der Waals surface area contributed by atoms with Gasteiger partial charge in [-0.05, 0) is 41.1 Å². The van der Waals surface area contributed by atoms with Crippen LogP contribution in [-0.4, -0.2) is 46.8 Å². The van der Waals surface area contributed by atoms with Gasteiger partial charge in [0.2, 0.25) is 0 Å². The van der Waals surface area contributed by atoms with Crippen LogP contribution >= 0.6 is 15.9 Å². The van der Waals surface area contributed by atoms with Gasteiger partial charge in [-0.2, -0.15) is 0 Å². The molecule has 1 atom stereocenters. The number of amides is 2. The van der Waals surface area contributed by atoms with Gasteiger partial charge < -0.3 is 20.4 Å². The van der Waals surface area contributed by atoms with Crippen molar-refractivity contribution in [2.24, 2.45) is 0 Å². The number of carboxylic acids is 1. The Bertz CT molecular complexity index is 491. The molecule has 1 aromatic rings. The maximum absolute atomic E-state index is 11.8. The average Bonchev–Trinajstić information content (AvgIpc) is 2.30. The maximum atomic E-state index is 11.8. The summed E-state index contributed by atoms with van der Waals surface area (Å²) in [6.45, 7) is 1.76. The third kappa shape index (κ3) is 4.53. The van der Waals surface area contributed by atoms with Gasteiger partial charge in [-0.3, -0.25) is 0 Å². The number of aromatic carboxylic acids is 1. The Balaban J connectivity index is 2.80. The van der Waals surface area contributed by atoms with Crippen LogP contribution < -0.4 is 5.32 Å². The largest absolute Gasteiger partial charge is 0.478 e. The monoisotopic (exact) mass is 330 g/mol. The highest BCUT2D eigenvalue weighted by Crippen LogP contribution is 2.21. The van der Waals surface area contributed by atoms with Gasteiger partial charge in [0, 0.05) is 23.8 Å². The fourth-order valence-electron chi connectivity index (χ4n) is 1.47. The molecule has 1 aromatic carbocycles. The number of halogens is 1. The second kappa shape index (κ2) is 6.53. The molecule has 19 heavy (non-hydrogen) atoms. The quantitative estimate of drug-likeness (QED) is 0.787. The van der Waals surface area contributed by atoms with E-state index in [4.69, 9.17) is 5.11 Å². The van der Waals surface area contributed by atoms with Crippen molar-refractivity contribution < 1.29 is 19.8 Å². The van der Waals surface area contributed by atoms with E-state index in [9.17, 15) is 14.7 Å². The zero-order valence-corrected chi connectivity index (χ0v) is 12.1. The minimum atomic E-state index is -1.08. The smallest absolute Gasteiger partial charge is 0.336 e. The van der Waals surface area contributed by atoms with Crippen molar-refractivity contribution >= 4 is 33.6 Å². The highest BCUT2D eigenvalue weighted by Gasteiger charge is 2.13. The first kappa shape index (κ1) is 15.5. The van der Waals surface area contributed by atoms with Gasteiger partial charge in [0.15, 0.2) is 0 Å². The lowest BCUT2D eigenvalue weighted by molar-refractivity contribution is 0.0696. The highest BCUT2D eigenvalue weighted by molar-refractivity contribution is 9.10. The Morgan fingerprint density at radius 1 is 1.47 bits per heavy atom. The SMILES string of the molecule is CC(O)CN(C)C(=O)Nc1ccc(Br)c(C(=O)O)c1. The van der Waals surface area contributed by atoms with Crippen LogP contribution in [0.2, 0.25) is 0 Å². The van der Waals surface area contributed by atoms with Crippen LogP contribution in [0, 0.1) is 0 Å². The van der Waals surface area contributed by atoms with Crippen LogP contribution in [0.1, 0.15) is 17.3 Å². The molecule has 1 rings (SSSR count). The molecule has 7 heteroatoms. The van der Waals surface area contributed by atoms with E-state index in [1.807, 2.05) is 0 Å². The molecule has 0 saturated heterocycles. The molecular formula is C12H15BrN2O4. The topological polar surface area (TPSA) is 89.9 Å². The molecule has 0 aliphatic carbocycles. The summed E-state index contributed by atoms with van der Waals surface area (Å²) in [5.41, 5.74) is 0.444. The van der Waals surface area contributed by atoms with E-state index in [1.165, 1.54) is 11.0 Å². The Kier molecular flexibility index (Phi) is 5.31. The molecule has 6 nitrogen and oxygen atoms in total. The number of urea groups is 1. The zero-order valence-electron chi connectivity index (χ0n) is 10.6. The van der Waals surface area contributed by atoms with Gasteiger partial charge in [0.25, 0.3) is 0 Å². The Morgan fingerprint density at radius 2 is 2.11 bits per heavy atom. The Morgan fingerprint density at radius 3 is 2.63 bits per heavy atom. The van der Waals surface area contributed by atoms with Crippen molar-refractivity contribution in [2.75, 3.05) is 18.9 Å². The molecule has 0 aliphatic rings. The van der Waals surface area contributed by atoms with Crippen molar-refractivity contribution in [3.8, 4) is 0 Å². The van der Waals surface area contributed by atoms with Crippen LogP contribution in [0.4, 0.5) is 10.5 Å². The zero-order chi connectivity index (χ0) is 14.6. The van der Waals surface area contributed by atoms with E-state index in [-0.39, 0.29) is 12.1 Å². The molecule has 2 amide bonds. The van der Waals surface area contributed by atoms with Crippen molar-refractivity contribution in [3.05, 3.63) is 28.2 Å². The van der Waals surface area contributed by atoms with Crippen molar-refractivity contribution in [1.82, 2.24) is 4.90 Å². The molecule has 0 aromatic heterocycles. The number of aliphatic hydroxyl groups excluding tert-OH is 1. The second-order valence-corrected chi connectivity index (χ2v) is 5.01. The van der Waals surface area contributed by atoms with E-state index in [0.29, 0.717) is 10.2 Å². The number of hydrogen-bond acceptors (Lipinski definition) is 3. The molecule has 0 saturated carbocycles. The number of carbonyl (C=O) groups is 2. The summed E-state index contributed by atoms with van der Waals surface area (Å²) < 4.78 is 0.440. The third-order valence-electron chi connectivity index (χ3n) is 2.33. The van der Waals surface area contributed by atoms with Crippen molar-refractivity contribution in [1.29, 1.82) is 0 Å². The number of anilines is 1. The standard InChI is InChI=1S/C12H15BrN2O4/c1-7(16)6-15(2)12(19)14-8-3-4-10(13)9(5-8)11(17)18/h3-5,7,16H,6H2,1-2H3,(H,14,19)(H,17,18). The fraction of sp³-hybridized carbons (Fsp3) is 0.333.